The molecule has 2 fully saturated rings. The monoisotopic (exact) mass is 422 g/mol. The summed E-state index contributed by atoms with van der Waals surface area (Å²) in [7, 11) is -5.12. The predicted octanol–water partition coefficient (Wildman–Crippen LogP) is -5.57. The summed E-state index contributed by atoms with van der Waals surface area (Å²) >= 11 is 0. The van der Waals surface area contributed by atoms with Gasteiger partial charge in [-0.2, -0.15) is 8.42 Å². The van der Waals surface area contributed by atoms with Crippen molar-refractivity contribution in [3.8, 4) is 0 Å². The highest BCUT2D eigenvalue weighted by molar-refractivity contribution is 7.80. The minimum Gasteiger partial charge on any atom is -0.394 e. The zero-order chi connectivity index (χ0) is 20.5. The fraction of sp³-hybridized carbons (Fsp3) is 1.00. The Bertz CT molecular complexity index is 583. The van der Waals surface area contributed by atoms with E-state index in [2.05, 4.69) is 4.18 Å². The molecule has 8 N–H and O–H groups in total. The molecule has 0 saturated carbocycles. The molecule has 2 aliphatic heterocycles. The molecule has 0 amide bonds. The molecule has 10 atom stereocenters. The third kappa shape index (κ3) is 5.10. The van der Waals surface area contributed by atoms with Crippen LogP contribution in [0.2, 0.25) is 0 Å². The maximum absolute atomic E-state index is 10.9. The van der Waals surface area contributed by atoms with Gasteiger partial charge in [0.1, 0.15) is 48.8 Å². The van der Waals surface area contributed by atoms with Crippen molar-refractivity contribution in [3.63, 3.8) is 0 Å². The van der Waals surface area contributed by atoms with E-state index in [4.69, 9.17) is 18.8 Å². The summed E-state index contributed by atoms with van der Waals surface area (Å²) < 4.78 is 50.0. The Morgan fingerprint density at radius 2 is 1.37 bits per heavy atom. The fourth-order valence-corrected chi connectivity index (χ4v) is 3.32. The minimum absolute atomic E-state index is 0.786. The molecule has 0 aromatic carbocycles. The van der Waals surface area contributed by atoms with Crippen molar-refractivity contribution in [3.05, 3.63) is 0 Å². The summed E-state index contributed by atoms with van der Waals surface area (Å²) in [6.07, 6.45) is -17.8. The van der Waals surface area contributed by atoms with E-state index in [1.807, 2.05) is 0 Å². The first kappa shape index (κ1) is 22.8. The van der Waals surface area contributed by atoms with Crippen LogP contribution in [0.1, 0.15) is 0 Å². The standard InChI is InChI=1S/C12H22O14S/c13-1-3-5(15)10(26-27(20,21)22)8(18)12(24-3)25-9-4(2-14)23-11(19)7(17)6(9)16/h3-19H,1-2H2,(H,20,21,22)/t3-,4-,5+,6-,7-,8-,9-,10+,11?,12?/m1/s1. The van der Waals surface area contributed by atoms with Crippen molar-refractivity contribution >= 4 is 10.4 Å². The topological polar surface area (TPSA) is 233 Å². The smallest absolute Gasteiger partial charge is 0.394 e. The largest absolute Gasteiger partial charge is 0.397 e. The van der Waals surface area contributed by atoms with Gasteiger partial charge in [-0.15, -0.1) is 0 Å². The second-order valence-corrected chi connectivity index (χ2v) is 7.07. The molecule has 2 heterocycles. The molecular formula is C12H22O14S. The van der Waals surface area contributed by atoms with E-state index in [1.54, 1.807) is 0 Å². The highest BCUT2D eigenvalue weighted by Crippen LogP contribution is 2.30. The van der Waals surface area contributed by atoms with Gasteiger partial charge in [-0.05, 0) is 0 Å². The number of ether oxygens (including phenoxy) is 3. The van der Waals surface area contributed by atoms with Crippen molar-refractivity contribution in [1.29, 1.82) is 0 Å². The molecule has 14 nitrogen and oxygen atoms in total. The molecule has 15 heteroatoms. The third-order valence-corrected chi connectivity index (χ3v) is 4.65. The Balaban J connectivity index is 2.22. The molecule has 0 spiro atoms. The lowest BCUT2D eigenvalue weighted by Gasteiger charge is -2.45. The molecule has 2 aliphatic rings. The Kier molecular flexibility index (Phi) is 7.47. The minimum atomic E-state index is -5.12. The molecule has 0 aliphatic carbocycles. The summed E-state index contributed by atoms with van der Waals surface area (Å²) in [5, 5.41) is 67.8. The molecule has 0 bridgehead atoms. The van der Waals surface area contributed by atoms with Crippen molar-refractivity contribution in [2.45, 2.75) is 61.4 Å². The molecular weight excluding hydrogens is 400 g/mol. The van der Waals surface area contributed by atoms with Crippen molar-refractivity contribution in [1.82, 2.24) is 0 Å². The second kappa shape index (κ2) is 8.87. The van der Waals surface area contributed by atoms with E-state index in [1.165, 1.54) is 0 Å². The van der Waals surface area contributed by atoms with Gasteiger partial charge in [-0.3, -0.25) is 4.55 Å². The normalized spacial score (nSPS) is 46.4. The Morgan fingerprint density at radius 3 is 1.89 bits per heavy atom. The van der Waals surface area contributed by atoms with E-state index in [0.29, 0.717) is 0 Å². The van der Waals surface area contributed by atoms with Crippen LogP contribution in [0.25, 0.3) is 0 Å². The first-order valence-corrected chi connectivity index (χ1v) is 9.10. The molecule has 160 valence electrons. The zero-order valence-corrected chi connectivity index (χ0v) is 14.4. The number of hydrogen-bond acceptors (Lipinski definition) is 13. The predicted molar refractivity (Wildman–Crippen MR) is 79.0 cm³/mol. The summed E-state index contributed by atoms with van der Waals surface area (Å²) in [5.74, 6) is 0. The maximum Gasteiger partial charge on any atom is 0.397 e. The highest BCUT2D eigenvalue weighted by atomic mass is 32.3. The van der Waals surface area contributed by atoms with Gasteiger partial charge in [0, 0.05) is 0 Å². The summed E-state index contributed by atoms with van der Waals surface area (Å²) in [5.41, 5.74) is 0. The van der Waals surface area contributed by atoms with Crippen LogP contribution in [0, 0.1) is 0 Å². The lowest BCUT2D eigenvalue weighted by Crippen LogP contribution is -2.65. The summed E-state index contributed by atoms with van der Waals surface area (Å²) in [6, 6.07) is 0. The van der Waals surface area contributed by atoms with E-state index < -0.39 is 85.0 Å². The second-order valence-electron chi connectivity index (χ2n) is 6.02. The first-order chi connectivity index (χ1) is 12.5. The average Bonchev–Trinajstić information content (AvgIpc) is 2.59. The quantitative estimate of drug-likeness (QED) is 0.186. The van der Waals surface area contributed by atoms with Crippen LogP contribution in [0.4, 0.5) is 0 Å². The average molecular weight is 422 g/mol. The van der Waals surface area contributed by atoms with E-state index in [-0.39, 0.29) is 0 Å². The number of rotatable bonds is 6. The van der Waals surface area contributed by atoms with Gasteiger partial charge in [0.05, 0.1) is 13.2 Å². The van der Waals surface area contributed by atoms with Gasteiger partial charge < -0.3 is 50.0 Å². The van der Waals surface area contributed by atoms with Crippen LogP contribution in [0.3, 0.4) is 0 Å². The van der Waals surface area contributed by atoms with Crippen LogP contribution in [0.5, 0.6) is 0 Å². The Labute approximate surface area is 153 Å². The van der Waals surface area contributed by atoms with Crippen LogP contribution < -0.4 is 0 Å². The van der Waals surface area contributed by atoms with Crippen LogP contribution >= 0.6 is 0 Å². The Morgan fingerprint density at radius 1 is 0.778 bits per heavy atom. The van der Waals surface area contributed by atoms with Crippen molar-refractivity contribution in [2.24, 2.45) is 0 Å². The fourth-order valence-electron chi connectivity index (χ4n) is 2.81. The molecule has 2 rings (SSSR count). The van der Waals surface area contributed by atoms with Gasteiger partial charge >= 0.3 is 10.4 Å². The van der Waals surface area contributed by atoms with Gasteiger partial charge in [0.25, 0.3) is 0 Å². The van der Waals surface area contributed by atoms with Gasteiger partial charge in [0.2, 0.25) is 0 Å². The van der Waals surface area contributed by atoms with Crippen molar-refractivity contribution < 1.29 is 67.1 Å². The Hall–Kier alpha value is -0.530. The van der Waals surface area contributed by atoms with Crippen LogP contribution in [0.15, 0.2) is 0 Å². The summed E-state index contributed by atoms with van der Waals surface area (Å²) in [6.45, 7) is -1.65. The van der Waals surface area contributed by atoms with Crippen LogP contribution in [-0.2, 0) is 28.8 Å². The SMILES string of the molecule is O=S(=O)(O)O[C@H]1[C@@H](O)[C@@H](CO)OC(O[C@H]2[C@H](O)[C@@H](O)C(O)O[C@@H]2CO)[C@@H]1O. The van der Waals surface area contributed by atoms with E-state index in [0.717, 1.165) is 0 Å². The molecule has 2 saturated heterocycles. The maximum atomic E-state index is 10.9. The lowest BCUT2D eigenvalue weighted by molar-refractivity contribution is -0.353. The lowest BCUT2D eigenvalue weighted by atomic mass is 9.97. The summed E-state index contributed by atoms with van der Waals surface area (Å²) in [4.78, 5) is 0. The van der Waals surface area contributed by atoms with Gasteiger partial charge in [-0.1, -0.05) is 0 Å². The molecule has 2 unspecified atom stereocenters. The van der Waals surface area contributed by atoms with E-state index in [9.17, 15) is 44.2 Å². The van der Waals surface area contributed by atoms with Gasteiger partial charge in [0.15, 0.2) is 12.6 Å². The first-order valence-electron chi connectivity index (χ1n) is 7.74. The van der Waals surface area contributed by atoms with E-state index >= 15 is 0 Å². The number of aliphatic hydroxyl groups excluding tert-OH is 7. The van der Waals surface area contributed by atoms with Gasteiger partial charge in [-0.25, -0.2) is 4.18 Å². The zero-order valence-electron chi connectivity index (χ0n) is 13.6. The number of hydrogen-bond donors (Lipinski definition) is 8. The molecule has 0 radical (unpaired) electrons. The van der Waals surface area contributed by atoms with Crippen LogP contribution in [-0.4, -0.2) is 123 Å². The van der Waals surface area contributed by atoms with Crippen molar-refractivity contribution in [2.75, 3.05) is 13.2 Å². The molecule has 27 heavy (non-hydrogen) atoms. The molecule has 0 aromatic heterocycles. The third-order valence-electron chi connectivity index (χ3n) is 4.19. The highest BCUT2D eigenvalue weighted by Gasteiger charge is 2.51. The number of aliphatic hydroxyl groups is 7. The molecule has 0 aromatic rings.